The molecule has 0 bridgehead atoms. The fraction of sp³-hybridized carbons (Fsp3) is 0. The molecule has 0 spiro atoms. The zero-order chi connectivity index (χ0) is 12.3. The van der Waals surface area contributed by atoms with Crippen LogP contribution in [-0.4, -0.2) is 10.8 Å². The molecule has 0 unspecified atom stereocenters. The topological polar surface area (TPSA) is 72.0 Å². The van der Waals surface area contributed by atoms with E-state index in [4.69, 9.17) is 27.5 Å². The molecule has 0 saturated carbocycles. The van der Waals surface area contributed by atoms with Crippen LogP contribution in [0.25, 0.3) is 0 Å². The van der Waals surface area contributed by atoms with E-state index in [0.717, 1.165) is 0 Å². The highest BCUT2D eigenvalue weighted by Crippen LogP contribution is 2.23. The van der Waals surface area contributed by atoms with Crippen LogP contribution < -0.4 is 10.5 Å². The Balaban J connectivity index is 0.00000162. The fourth-order valence-corrected chi connectivity index (χ4v) is 1.42. The van der Waals surface area contributed by atoms with Gasteiger partial charge in [-0.1, -0.05) is 11.6 Å². The van der Waals surface area contributed by atoms with Crippen LogP contribution in [0.4, 0.5) is 0 Å². The SMILES string of the molecule is Cl.N=C(N)c1cccnc1Oc1ccc(Cl)cc1. The Morgan fingerprint density at radius 2 is 1.89 bits per heavy atom. The van der Waals surface area contributed by atoms with Crippen LogP contribution >= 0.6 is 24.0 Å². The van der Waals surface area contributed by atoms with E-state index >= 15 is 0 Å². The molecule has 0 aliphatic carbocycles. The number of halogens is 2. The molecule has 6 heteroatoms. The van der Waals surface area contributed by atoms with Crippen LogP contribution in [0.3, 0.4) is 0 Å². The quantitative estimate of drug-likeness (QED) is 0.671. The van der Waals surface area contributed by atoms with Crippen molar-refractivity contribution in [3.63, 3.8) is 0 Å². The van der Waals surface area contributed by atoms with Crippen molar-refractivity contribution in [3.05, 3.63) is 53.2 Å². The lowest BCUT2D eigenvalue weighted by Crippen LogP contribution is -2.12. The number of hydrogen-bond acceptors (Lipinski definition) is 3. The molecule has 0 fully saturated rings. The molecule has 1 heterocycles. The summed E-state index contributed by atoms with van der Waals surface area (Å²) in [6.07, 6.45) is 1.58. The van der Waals surface area contributed by atoms with Gasteiger partial charge in [0.25, 0.3) is 0 Å². The van der Waals surface area contributed by atoms with E-state index in [1.807, 2.05) is 0 Å². The van der Waals surface area contributed by atoms with E-state index in [0.29, 0.717) is 22.2 Å². The van der Waals surface area contributed by atoms with Crippen LogP contribution in [0.5, 0.6) is 11.6 Å². The van der Waals surface area contributed by atoms with Gasteiger partial charge in [-0.2, -0.15) is 0 Å². The molecule has 2 aromatic rings. The number of nitrogen functional groups attached to an aromatic ring is 1. The summed E-state index contributed by atoms with van der Waals surface area (Å²) in [5.74, 6) is 0.819. The van der Waals surface area contributed by atoms with Gasteiger partial charge in [-0.15, -0.1) is 12.4 Å². The Kier molecular flexibility index (Phi) is 4.95. The first-order chi connectivity index (χ1) is 8.16. The number of aromatic nitrogens is 1. The maximum Gasteiger partial charge on any atom is 0.230 e. The van der Waals surface area contributed by atoms with E-state index in [2.05, 4.69) is 4.98 Å². The summed E-state index contributed by atoms with van der Waals surface area (Å²) in [5.41, 5.74) is 5.90. The highest BCUT2D eigenvalue weighted by molar-refractivity contribution is 6.30. The normalized spacial score (nSPS) is 9.39. The average molecular weight is 284 g/mol. The largest absolute Gasteiger partial charge is 0.438 e. The summed E-state index contributed by atoms with van der Waals surface area (Å²) < 4.78 is 5.54. The lowest BCUT2D eigenvalue weighted by atomic mass is 10.2. The summed E-state index contributed by atoms with van der Waals surface area (Å²) in [4.78, 5) is 4.04. The summed E-state index contributed by atoms with van der Waals surface area (Å²) in [5, 5.41) is 8.04. The average Bonchev–Trinajstić information content (AvgIpc) is 2.32. The molecule has 18 heavy (non-hydrogen) atoms. The van der Waals surface area contributed by atoms with Crippen LogP contribution in [0.1, 0.15) is 5.56 Å². The van der Waals surface area contributed by atoms with Gasteiger partial charge in [0.05, 0.1) is 5.56 Å². The maximum absolute atomic E-state index is 7.41. The summed E-state index contributed by atoms with van der Waals surface area (Å²) in [6.45, 7) is 0. The van der Waals surface area contributed by atoms with Crippen molar-refractivity contribution < 1.29 is 4.74 Å². The zero-order valence-corrected chi connectivity index (χ0v) is 10.8. The van der Waals surface area contributed by atoms with Gasteiger partial charge in [-0.05, 0) is 36.4 Å². The Morgan fingerprint density at radius 3 is 2.50 bits per heavy atom. The van der Waals surface area contributed by atoms with Crippen LogP contribution in [0, 0.1) is 5.41 Å². The lowest BCUT2D eigenvalue weighted by molar-refractivity contribution is 0.462. The smallest absolute Gasteiger partial charge is 0.230 e. The van der Waals surface area contributed by atoms with Gasteiger partial charge in [-0.25, -0.2) is 4.98 Å². The second-order valence-corrected chi connectivity index (χ2v) is 3.76. The van der Waals surface area contributed by atoms with Gasteiger partial charge in [0, 0.05) is 11.2 Å². The third kappa shape index (κ3) is 3.35. The van der Waals surface area contributed by atoms with Crippen molar-refractivity contribution in [2.75, 3.05) is 0 Å². The van der Waals surface area contributed by atoms with Crippen LogP contribution in [0.2, 0.25) is 5.02 Å². The number of nitrogens with zero attached hydrogens (tertiary/aromatic N) is 1. The molecule has 1 aromatic carbocycles. The van der Waals surface area contributed by atoms with Crippen LogP contribution in [0.15, 0.2) is 42.6 Å². The number of ether oxygens (including phenoxy) is 1. The highest BCUT2D eigenvalue weighted by Gasteiger charge is 2.08. The van der Waals surface area contributed by atoms with Crippen molar-refractivity contribution in [2.24, 2.45) is 5.73 Å². The molecule has 0 radical (unpaired) electrons. The first-order valence-electron chi connectivity index (χ1n) is 4.89. The highest BCUT2D eigenvalue weighted by atomic mass is 35.5. The monoisotopic (exact) mass is 283 g/mol. The number of hydrogen-bond donors (Lipinski definition) is 2. The van der Waals surface area contributed by atoms with Crippen molar-refractivity contribution in [1.29, 1.82) is 5.41 Å². The van der Waals surface area contributed by atoms with Gasteiger partial charge < -0.3 is 10.5 Å². The number of rotatable bonds is 3. The van der Waals surface area contributed by atoms with Crippen molar-refractivity contribution >= 4 is 29.8 Å². The number of pyridine rings is 1. The van der Waals surface area contributed by atoms with Gasteiger partial charge in [0.1, 0.15) is 11.6 Å². The molecule has 3 N–H and O–H groups in total. The van der Waals surface area contributed by atoms with Crippen molar-refractivity contribution in [3.8, 4) is 11.6 Å². The van der Waals surface area contributed by atoms with Crippen molar-refractivity contribution in [1.82, 2.24) is 4.98 Å². The Morgan fingerprint density at radius 1 is 1.22 bits per heavy atom. The third-order valence-corrected chi connectivity index (χ3v) is 2.34. The number of amidine groups is 1. The molecule has 0 aliphatic heterocycles. The van der Waals surface area contributed by atoms with Gasteiger partial charge in [0.15, 0.2) is 0 Å². The molecular weight excluding hydrogens is 273 g/mol. The Bertz CT molecular complexity index is 543. The van der Waals surface area contributed by atoms with Gasteiger partial charge in [0.2, 0.25) is 5.88 Å². The maximum atomic E-state index is 7.41. The van der Waals surface area contributed by atoms with E-state index in [-0.39, 0.29) is 18.2 Å². The minimum atomic E-state index is -0.0814. The van der Waals surface area contributed by atoms with E-state index < -0.39 is 0 Å². The first-order valence-corrected chi connectivity index (χ1v) is 5.27. The molecule has 4 nitrogen and oxygen atoms in total. The molecule has 0 amide bonds. The third-order valence-electron chi connectivity index (χ3n) is 2.09. The Hall–Kier alpha value is -1.78. The summed E-state index contributed by atoms with van der Waals surface area (Å²) in [6, 6.07) is 10.3. The summed E-state index contributed by atoms with van der Waals surface area (Å²) in [7, 11) is 0. The van der Waals surface area contributed by atoms with Crippen LogP contribution in [-0.2, 0) is 0 Å². The molecule has 1 aromatic heterocycles. The number of benzene rings is 1. The number of nitrogens with one attached hydrogen (secondary N) is 1. The lowest BCUT2D eigenvalue weighted by Gasteiger charge is -2.08. The van der Waals surface area contributed by atoms with Crippen molar-refractivity contribution in [2.45, 2.75) is 0 Å². The number of nitrogens with two attached hydrogens (primary N) is 1. The standard InChI is InChI=1S/C12H10ClN3O.ClH/c13-8-3-5-9(6-4-8)17-12-10(11(14)15)2-1-7-16-12;/h1-7H,(H3,14,15);1H. The second kappa shape index (κ2) is 6.23. The molecule has 0 aliphatic rings. The van der Waals surface area contributed by atoms with Gasteiger partial charge >= 0.3 is 0 Å². The molecular formula is C12H11Cl2N3O. The summed E-state index contributed by atoms with van der Waals surface area (Å²) >= 11 is 5.77. The minimum Gasteiger partial charge on any atom is -0.438 e. The zero-order valence-electron chi connectivity index (χ0n) is 9.26. The first kappa shape index (κ1) is 14.3. The van der Waals surface area contributed by atoms with E-state index in [9.17, 15) is 0 Å². The van der Waals surface area contributed by atoms with Gasteiger partial charge in [-0.3, -0.25) is 5.41 Å². The van der Waals surface area contributed by atoms with E-state index in [1.165, 1.54) is 0 Å². The predicted molar refractivity (Wildman–Crippen MR) is 74.0 cm³/mol. The molecule has 2 rings (SSSR count). The van der Waals surface area contributed by atoms with E-state index in [1.54, 1.807) is 42.6 Å². The fourth-order valence-electron chi connectivity index (χ4n) is 1.29. The molecule has 0 saturated heterocycles. The second-order valence-electron chi connectivity index (χ2n) is 3.33. The Labute approximate surface area is 116 Å². The molecule has 0 atom stereocenters. The predicted octanol–water partition coefficient (Wildman–Crippen LogP) is 3.23. The molecule has 94 valence electrons. The minimum absolute atomic E-state index is 0.